The van der Waals surface area contributed by atoms with Gasteiger partial charge in [-0.15, -0.1) is 0 Å². The van der Waals surface area contributed by atoms with Gasteiger partial charge >= 0.3 is 11.9 Å². The molecule has 1 aromatic heterocycles. The molecule has 0 radical (unpaired) electrons. The number of thiazole rings is 1. The molecule has 10 heteroatoms. The Labute approximate surface area is 222 Å². The first-order valence-electron chi connectivity index (χ1n) is 11.6. The zero-order valence-electron chi connectivity index (χ0n) is 21.3. The number of fused-ring (bicyclic) bond motifs is 1. The number of methoxy groups -OCH3 is 2. The highest BCUT2D eigenvalue weighted by atomic mass is 32.1. The molecule has 0 amide bonds. The molecule has 0 fully saturated rings. The van der Waals surface area contributed by atoms with Gasteiger partial charge in [0.05, 0.1) is 36.1 Å². The minimum atomic E-state index is -0.803. The summed E-state index contributed by atoms with van der Waals surface area (Å²) in [6, 6.07) is 11.2. The van der Waals surface area contributed by atoms with Gasteiger partial charge in [0.15, 0.2) is 16.3 Å². The molecule has 9 nitrogen and oxygen atoms in total. The van der Waals surface area contributed by atoms with E-state index in [1.807, 2.05) is 6.07 Å². The van der Waals surface area contributed by atoms with Crippen molar-refractivity contribution in [1.29, 1.82) is 0 Å². The number of ether oxygens (including phenoxy) is 4. The van der Waals surface area contributed by atoms with E-state index in [0.717, 1.165) is 5.56 Å². The summed E-state index contributed by atoms with van der Waals surface area (Å²) < 4.78 is 23.1. The lowest BCUT2D eigenvalue weighted by Crippen LogP contribution is -2.39. The fraction of sp³-hybridized carbons (Fsp3) is 0.214. The van der Waals surface area contributed by atoms with Crippen LogP contribution in [0.25, 0.3) is 6.08 Å². The largest absolute Gasteiger partial charge is 0.493 e. The molecule has 0 bridgehead atoms. The quantitative estimate of drug-likeness (QED) is 0.249. The van der Waals surface area contributed by atoms with Crippen LogP contribution in [0, 0.1) is 0 Å². The predicted octanol–water partition coefficient (Wildman–Crippen LogP) is 2.91. The molecular formula is C28H26N2O7S. The summed E-state index contributed by atoms with van der Waals surface area (Å²) in [5, 5.41) is 0. The van der Waals surface area contributed by atoms with Gasteiger partial charge in [0.25, 0.3) is 5.56 Å². The number of carbonyl (C=O) groups excluding carboxylic acids is 2. The highest BCUT2D eigenvalue weighted by molar-refractivity contribution is 7.07. The van der Waals surface area contributed by atoms with E-state index in [4.69, 9.17) is 18.9 Å². The van der Waals surface area contributed by atoms with Gasteiger partial charge in [-0.3, -0.25) is 14.2 Å². The molecular weight excluding hydrogens is 508 g/mol. The van der Waals surface area contributed by atoms with Crippen molar-refractivity contribution in [2.75, 3.05) is 20.8 Å². The summed E-state index contributed by atoms with van der Waals surface area (Å²) in [6.45, 7) is 6.62. The van der Waals surface area contributed by atoms with Crippen molar-refractivity contribution in [1.82, 2.24) is 4.57 Å². The van der Waals surface area contributed by atoms with Crippen LogP contribution in [0.5, 0.6) is 17.2 Å². The van der Waals surface area contributed by atoms with E-state index in [2.05, 4.69) is 11.6 Å². The maximum atomic E-state index is 13.7. The summed E-state index contributed by atoms with van der Waals surface area (Å²) in [4.78, 5) is 43.2. The number of benzene rings is 2. The van der Waals surface area contributed by atoms with Crippen molar-refractivity contribution < 1.29 is 28.5 Å². The summed E-state index contributed by atoms with van der Waals surface area (Å²) in [7, 11) is 3.09. The second-order valence-corrected chi connectivity index (χ2v) is 9.26. The molecule has 0 aliphatic carbocycles. The molecule has 0 spiro atoms. The Bertz CT molecular complexity index is 1610. The minimum Gasteiger partial charge on any atom is -0.493 e. The Balaban J connectivity index is 1.88. The number of nitrogens with zero attached hydrogens (tertiary/aromatic N) is 2. The molecule has 3 aromatic rings. The summed E-state index contributed by atoms with van der Waals surface area (Å²) >= 11 is 1.21. The maximum absolute atomic E-state index is 13.7. The standard InChI is InChI=1S/C28H26N2O7S/c1-6-13-36-27(33)24-16(2)29-28-30(25(24)19-8-10-20(11-9-19)37-17(3)31)26(32)23(38-28)15-18-7-12-21(34-4)22(14-18)35-5/h6-12,14-15,25H,1,13H2,2-5H3/b23-15-. The molecule has 1 unspecified atom stereocenters. The third kappa shape index (κ3) is 5.30. The second kappa shape index (κ2) is 11.3. The molecule has 0 N–H and O–H groups in total. The molecule has 1 atom stereocenters. The maximum Gasteiger partial charge on any atom is 0.338 e. The highest BCUT2D eigenvalue weighted by Crippen LogP contribution is 2.32. The first-order chi connectivity index (χ1) is 18.3. The van der Waals surface area contributed by atoms with Crippen LogP contribution in [0.2, 0.25) is 0 Å². The highest BCUT2D eigenvalue weighted by Gasteiger charge is 2.33. The van der Waals surface area contributed by atoms with Crippen LogP contribution in [0.15, 0.2) is 76.2 Å². The van der Waals surface area contributed by atoms with Crippen molar-refractivity contribution in [2.45, 2.75) is 19.9 Å². The van der Waals surface area contributed by atoms with Crippen LogP contribution in [-0.2, 0) is 14.3 Å². The fourth-order valence-corrected chi connectivity index (χ4v) is 5.14. The van der Waals surface area contributed by atoms with Gasteiger partial charge in [-0.25, -0.2) is 9.79 Å². The van der Waals surface area contributed by atoms with Gasteiger partial charge in [-0.05, 0) is 48.4 Å². The minimum absolute atomic E-state index is 0.0114. The second-order valence-electron chi connectivity index (χ2n) is 8.25. The zero-order valence-corrected chi connectivity index (χ0v) is 22.2. The Morgan fingerprint density at radius 2 is 1.82 bits per heavy atom. The smallest absolute Gasteiger partial charge is 0.338 e. The molecule has 38 heavy (non-hydrogen) atoms. The molecule has 196 valence electrons. The average Bonchev–Trinajstić information content (AvgIpc) is 3.20. The van der Waals surface area contributed by atoms with Crippen LogP contribution in [0.3, 0.4) is 0 Å². The summed E-state index contributed by atoms with van der Waals surface area (Å²) in [5.74, 6) is 0.391. The van der Waals surface area contributed by atoms with E-state index < -0.39 is 18.0 Å². The average molecular weight is 535 g/mol. The first kappa shape index (κ1) is 26.6. The molecule has 2 aromatic carbocycles. The number of carbonyl (C=O) groups is 2. The van der Waals surface area contributed by atoms with Crippen molar-refractivity contribution >= 4 is 29.4 Å². The lowest BCUT2D eigenvalue weighted by Gasteiger charge is -2.24. The number of aromatic nitrogens is 1. The van der Waals surface area contributed by atoms with Crippen molar-refractivity contribution in [3.8, 4) is 17.2 Å². The number of hydrogen-bond donors (Lipinski definition) is 0. The Hall–Kier alpha value is -4.44. The van der Waals surface area contributed by atoms with E-state index in [-0.39, 0.29) is 17.7 Å². The van der Waals surface area contributed by atoms with Crippen LogP contribution in [0.4, 0.5) is 0 Å². The molecule has 0 saturated carbocycles. The molecule has 0 saturated heterocycles. The zero-order chi connectivity index (χ0) is 27.4. The van der Waals surface area contributed by atoms with Crippen LogP contribution in [-0.4, -0.2) is 37.3 Å². The van der Waals surface area contributed by atoms with Gasteiger partial charge in [0.1, 0.15) is 12.4 Å². The molecule has 4 rings (SSSR count). The van der Waals surface area contributed by atoms with E-state index in [9.17, 15) is 14.4 Å². The van der Waals surface area contributed by atoms with Crippen LogP contribution in [0.1, 0.15) is 31.0 Å². The molecule has 1 aliphatic rings. The number of allylic oxidation sites excluding steroid dienone is 1. The Morgan fingerprint density at radius 3 is 2.45 bits per heavy atom. The predicted molar refractivity (Wildman–Crippen MR) is 142 cm³/mol. The fourth-order valence-electron chi connectivity index (χ4n) is 4.09. The monoisotopic (exact) mass is 534 g/mol. The normalized spacial score (nSPS) is 14.8. The lowest BCUT2D eigenvalue weighted by atomic mass is 9.96. The van der Waals surface area contributed by atoms with Crippen molar-refractivity contribution in [3.05, 3.63) is 97.2 Å². The van der Waals surface area contributed by atoms with Gasteiger partial charge in [-0.2, -0.15) is 0 Å². The van der Waals surface area contributed by atoms with Gasteiger partial charge in [0.2, 0.25) is 0 Å². The molecule has 1 aliphatic heterocycles. The number of esters is 2. The van der Waals surface area contributed by atoms with Crippen LogP contribution >= 0.6 is 11.3 Å². The Kier molecular flexibility index (Phi) is 7.92. The van der Waals surface area contributed by atoms with Gasteiger partial charge in [-0.1, -0.05) is 42.2 Å². The van der Waals surface area contributed by atoms with E-state index in [0.29, 0.717) is 37.8 Å². The van der Waals surface area contributed by atoms with E-state index in [1.165, 1.54) is 36.0 Å². The first-order valence-corrected chi connectivity index (χ1v) is 12.4. The number of hydrogen-bond acceptors (Lipinski definition) is 9. The van der Waals surface area contributed by atoms with E-state index >= 15 is 0 Å². The van der Waals surface area contributed by atoms with Crippen molar-refractivity contribution in [2.24, 2.45) is 4.99 Å². The van der Waals surface area contributed by atoms with Gasteiger partial charge in [0, 0.05) is 6.92 Å². The van der Waals surface area contributed by atoms with E-state index in [1.54, 1.807) is 56.5 Å². The summed E-state index contributed by atoms with van der Waals surface area (Å²) in [5.41, 5.74) is 1.71. The van der Waals surface area contributed by atoms with Crippen molar-refractivity contribution in [3.63, 3.8) is 0 Å². The lowest BCUT2D eigenvalue weighted by molar-refractivity contribution is -0.138. The third-order valence-electron chi connectivity index (χ3n) is 5.74. The Morgan fingerprint density at radius 1 is 1.11 bits per heavy atom. The third-order valence-corrected chi connectivity index (χ3v) is 6.72. The summed E-state index contributed by atoms with van der Waals surface area (Å²) in [6.07, 6.45) is 3.21. The number of rotatable bonds is 8. The SMILES string of the molecule is C=CCOC(=O)C1=C(C)N=c2s/c(=C\c3ccc(OC)c(OC)c3)c(=O)n2C1c1ccc(OC(C)=O)cc1. The van der Waals surface area contributed by atoms with Crippen LogP contribution < -0.4 is 29.1 Å². The molecule has 2 heterocycles. The topological polar surface area (TPSA) is 105 Å². The van der Waals surface area contributed by atoms with Gasteiger partial charge < -0.3 is 18.9 Å².